The second-order valence-corrected chi connectivity index (χ2v) is 7.35. The zero-order valence-electron chi connectivity index (χ0n) is 15.7. The first-order valence-corrected chi connectivity index (χ1v) is 9.61. The van der Waals surface area contributed by atoms with Gasteiger partial charge in [0.05, 0.1) is 0 Å². The van der Waals surface area contributed by atoms with Crippen LogP contribution in [0.1, 0.15) is 51.9 Å². The fourth-order valence-corrected chi connectivity index (χ4v) is 3.80. The molecule has 1 atom stereocenters. The Morgan fingerprint density at radius 3 is 2.15 bits per heavy atom. The molecule has 1 saturated carbocycles. The monoisotopic (exact) mass is 373 g/mol. The molecule has 1 heterocycles. The third-order valence-corrected chi connectivity index (χ3v) is 5.19. The largest absolute Gasteiger partial charge is 0.368 e. The van der Waals surface area contributed by atoms with Crippen LogP contribution in [0, 0.1) is 0 Å². The smallest absolute Gasteiger partial charge is 0.253 e. The third-order valence-electron chi connectivity index (χ3n) is 5.19. The van der Waals surface area contributed by atoms with Crippen LogP contribution in [-0.2, 0) is 19.1 Å². The average molecular weight is 373 g/mol. The third kappa shape index (κ3) is 4.86. The van der Waals surface area contributed by atoms with E-state index in [0.717, 1.165) is 32.1 Å². The van der Waals surface area contributed by atoms with Crippen LogP contribution in [0.3, 0.4) is 0 Å². The number of carbonyl (C=O) groups is 3. The summed E-state index contributed by atoms with van der Waals surface area (Å²) in [7, 11) is 0. The number of hydrogen-bond acceptors (Lipinski definition) is 4. The van der Waals surface area contributed by atoms with Gasteiger partial charge in [0.25, 0.3) is 5.91 Å². The minimum Gasteiger partial charge on any atom is -0.368 e. The van der Waals surface area contributed by atoms with Crippen LogP contribution in [-0.4, -0.2) is 36.0 Å². The molecule has 3 N–H and O–H groups in total. The molecule has 1 aliphatic heterocycles. The molecule has 3 rings (SSSR count). The first-order chi connectivity index (χ1) is 13.0. The van der Waals surface area contributed by atoms with Crippen LogP contribution < -0.4 is 16.0 Å². The number of hydrogen-bond donors (Lipinski definition) is 3. The highest BCUT2D eigenvalue weighted by molar-refractivity contribution is 6.00. The molecule has 146 valence electrons. The van der Waals surface area contributed by atoms with Crippen LogP contribution in [0.5, 0.6) is 0 Å². The maximum absolute atomic E-state index is 12.8. The predicted molar refractivity (Wildman–Crippen MR) is 102 cm³/mol. The Morgan fingerprint density at radius 2 is 1.59 bits per heavy atom. The molecule has 0 unspecified atom stereocenters. The molecule has 0 aromatic heterocycles. The summed E-state index contributed by atoms with van der Waals surface area (Å²) >= 11 is 0. The summed E-state index contributed by atoms with van der Waals surface area (Å²) in [6.07, 6.45) is 5.47. The maximum atomic E-state index is 12.8. The first-order valence-electron chi connectivity index (χ1n) is 9.61. The summed E-state index contributed by atoms with van der Waals surface area (Å²) in [5.74, 6) is -0.524. The molecule has 27 heavy (non-hydrogen) atoms. The van der Waals surface area contributed by atoms with E-state index in [0.29, 0.717) is 30.8 Å². The van der Waals surface area contributed by atoms with Crippen molar-refractivity contribution >= 4 is 29.1 Å². The van der Waals surface area contributed by atoms with Crippen molar-refractivity contribution in [1.29, 1.82) is 0 Å². The molecular weight excluding hydrogens is 346 g/mol. The molecule has 1 aromatic carbocycles. The van der Waals surface area contributed by atoms with Gasteiger partial charge in [-0.2, -0.15) is 0 Å². The van der Waals surface area contributed by atoms with Gasteiger partial charge in [0.2, 0.25) is 11.8 Å². The highest BCUT2D eigenvalue weighted by Crippen LogP contribution is 2.30. The molecule has 0 radical (unpaired) electrons. The maximum Gasteiger partial charge on any atom is 0.253 e. The molecule has 1 saturated heterocycles. The van der Waals surface area contributed by atoms with Gasteiger partial charge in [-0.3, -0.25) is 14.4 Å². The molecule has 7 heteroatoms. The zero-order chi connectivity index (χ0) is 19.3. The zero-order valence-corrected chi connectivity index (χ0v) is 15.7. The number of rotatable bonds is 5. The van der Waals surface area contributed by atoms with E-state index in [4.69, 9.17) is 4.74 Å². The molecule has 2 aliphatic rings. The SMILES string of the molecule is CC(=O)NC1(C(=O)Nc2ccc(NC(=O)[C@@H]3CCCO3)cc2)CCCCC1. The van der Waals surface area contributed by atoms with E-state index in [1.165, 1.54) is 6.92 Å². The van der Waals surface area contributed by atoms with Crippen molar-refractivity contribution in [3.8, 4) is 0 Å². The molecule has 1 aliphatic carbocycles. The van der Waals surface area contributed by atoms with E-state index < -0.39 is 5.54 Å². The number of carbonyl (C=O) groups excluding carboxylic acids is 3. The van der Waals surface area contributed by atoms with E-state index in [1.54, 1.807) is 24.3 Å². The van der Waals surface area contributed by atoms with Gasteiger partial charge in [-0.05, 0) is 49.9 Å². The lowest BCUT2D eigenvalue weighted by atomic mass is 9.80. The number of benzene rings is 1. The first kappa shape index (κ1) is 19.4. The van der Waals surface area contributed by atoms with Crippen molar-refractivity contribution in [2.45, 2.75) is 63.5 Å². The Balaban J connectivity index is 1.61. The van der Waals surface area contributed by atoms with Crippen LogP contribution in [0.2, 0.25) is 0 Å². The molecule has 0 spiro atoms. The number of amides is 3. The Bertz CT molecular complexity index is 690. The van der Waals surface area contributed by atoms with Crippen molar-refractivity contribution in [2.24, 2.45) is 0 Å². The molecule has 2 fully saturated rings. The van der Waals surface area contributed by atoms with Gasteiger partial charge in [-0.25, -0.2) is 0 Å². The molecular formula is C20H27N3O4. The number of anilines is 2. The fourth-order valence-electron chi connectivity index (χ4n) is 3.80. The van der Waals surface area contributed by atoms with Crippen molar-refractivity contribution in [3.05, 3.63) is 24.3 Å². The Hall–Kier alpha value is -2.41. The second-order valence-electron chi connectivity index (χ2n) is 7.35. The topological polar surface area (TPSA) is 96.5 Å². The lowest BCUT2D eigenvalue weighted by Crippen LogP contribution is -2.57. The van der Waals surface area contributed by atoms with E-state index in [9.17, 15) is 14.4 Å². The lowest BCUT2D eigenvalue weighted by molar-refractivity contribution is -0.130. The summed E-state index contributed by atoms with van der Waals surface area (Å²) in [6.45, 7) is 2.06. The quantitative estimate of drug-likeness (QED) is 0.739. The minimum atomic E-state index is -0.837. The predicted octanol–water partition coefficient (Wildman–Crippen LogP) is 2.58. The minimum absolute atomic E-state index is 0.142. The fraction of sp³-hybridized carbons (Fsp3) is 0.550. The normalized spacial score (nSPS) is 21.3. The van der Waals surface area contributed by atoms with E-state index in [-0.39, 0.29) is 23.8 Å². The van der Waals surface area contributed by atoms with Gasteiger partial charge in [-0.15, -0.1) is 0 Å². The lowest BCUT2D eigenvalue weighted by Gasteiger charge is -2.36. The van der Waals surface area contributed by atoms with E-state index >= 15 is 0 Å². The molecule has 1 aromatic rings. The summed E-state index contributed by atoms with van der Waals surface area (Å²) in [5, 5.41) is 8.59. The summed E-state index contributed by atoms with van der Waals surface area (Å²) in [5.41, 5.74) is 0.449. The molecule has 0 bridgehead atoms. The average Bonchev–Trinajstić information content (AvgIpc) is 3.18. The van der Waals surface area contributed by atoms with Gasteiger partial charge >= 0.3 is 0 Å². The van der Waals surface area contributed by atoms with Crippen molar-refractivity contribution < 1.29 is 19.1 Å². The van der Waals surface area contributed by atoms with Gasteiger partial charge in [-0.1, -0.05) is 19.3 Å². The van der Waals surface area contributed by atoms with Crippen molar-refractivity contribution in [3.63, 3.8) is 0 Å². The molecule has 7 nitrogen and oxygen atoms in total. The highest BCUT2D eigenvalue weighted by atomic mass is 16.5. The number of ether oxygens (including phenoxy) is 1. The number of nitrogens with one attached hydrogen (secondary N) is 3. The standard InChI is InChI=1S/C20H27N3O4/c1-14(24)23-20(11-3-2-4-12-20)19(26)22-16-9-7-15(8-10-16)21-18(25)17-6-5-13-27-17/h7-10,17H,2-6,11-13H2,1H3,(H,21,25)(H,22,26)(H,23,24)/t17-/m0/s1. The van der Waals surface area contributed by atoms with Crippen molar-refractivity contribution in [1.82, 2.24) is 5.32 Å². The second kappa shape index (κ2) is 8.52. The summed E-state index contributed by atoms with van der Waals surface area (Å²) in [4.78, 5) is 36.5. The highest BCUT2D eigenvalue weighted by Gasteiger charge is 2.40. The van der Waals surface area contributed by atoms with E-state index in [2.05, 4.69) is 16.0 Å². The van der Waals surface area contributed by atoms with Gasteiger partial charge in [0.1, 0.15) is 11.6 Å². The van der Waals surface area contributed by atoms with Crippen LogP contribution >= 0.6 is 0 Å². The van der Waals surface area contributed by atoms with E-state index in [1.807, 2.05) is 0 Å². The summed E-state index contributed by atoms with van der Waals surface area (Å²) < 4.78 is 5.37. The van der Waals surface area contributed by atoms with Gasteiger partial charge < -0.3 is 20.7 Å². The van der Waals surface area contributed by atoms with Crippen molar-refractivity contribution in [2.75, 3.05) is 17.2 Å². The Kier molecular flexibility index (Phi) is 6.11. The Labute approximate surface area is 159 Å². The van der Waals surface area contributed by atoms with Crippen LogP contribution in [0.25, 0.3) is 0 Å². The van der Waals surface area contributed by atoms with Crippen LogP contribution in [0.15, 0.2) is 24.3 Å². The van der Waals surface area contributed by atoms with Crippen LogP contribution in [0.4, 0.5) is 11.4 Å². The summed E-state index contributed by atoms with van der Waals surface area (Å²) in [6, 6.07) is 6.98. The Morgan fingerprint density at radius 1 is 0.963 bits per heavy atom. The van der Waals surface area contributed by atoms with Gasteiger partial charge in [0, 0.05) is 24.9 Å². The van der Waals surface area contributed by atoms with Gasteiger partial charge in [0.15, 0.2) is 0 Å². The molecule has 3 amide bonds.